The van der Waals surface area contributed by atoms with E-state index in [1.807, 2.05) is 6.92 Å². The minimum Gasteiger partial charge on any atom is -0.466 e. The molecule has 1 rings (SSSR count). The second-order valence-corrected chi connectivity index (χ2v) is 21.8. The van der Waals surface area contributed by atoms with Crippen LogP contribution in [0.5, 0.6) is 0 Å². The van der Waals surface area contributed by atoms with Crippen molar-refractivity contribution in [2.45, 2.75) is 123 Å². The van der Waals surface area contributed by atoms with Crippen LogP contribution in [0, 0.1) is 0 Å². The molecular formula is C27H50O4Si2. The number of carbonyl (C=O) groups is 1. The molecule has 33 heavy (non-hydrogen) atoms. The van der Waals surface area contributed by atoms with Gasteiger partial charge in [0.2, 0.25) is 0 Å². The van der Waals surface area contributed by atoms with Crippen molar-refractivity contribution in [3.8, 4) is 0 Å². The SMILES string of the molecule is CCOC(=O)CC[C@H](C[C@@H](Cc1ccccc1)O[Si](C)(C)C(C)(C)C)O[Si](C)(C)C(C)(C)C. The molecule has 0 bridgehead atoms. The third-order valence-electron chi connectivity index (χ3n) is 7.34. The first-order chi connectivity index (χ1) is 15.0. The molecule has 190 valence electrons. The van der Waals surface area contributed by atoms with Crippen LogP contribution < -0.4 is 0 Å². The largest absolute Gasteiger partial charge is 0.466 e. The van der Waals surface area contributed by atoms with E-state index in [9.17, 15) is 4.79 Å². The molecule has 0 radical (unpaired) electrons. The number of hydrogen-bond acceptors (Lipinski definition) is 4. The molecule has 0 unspecified atom stereocenters. The maximum absolute atomic E-state index is 12.2. The summed E-state index contributed by atoms with van der Waals surface area (Å²) in [5.41, 5.74) is 1.28. The topological polar surface area (TPSA) is 44.8 Å². The third-order valence-corrected chi connectivity index (χ3v) is 16.4. The Balaban J connectivity index is 3.17. The van der Waals surface area contributed by atoms with Gasteiger partial charge in [-0.2, -0.15) is 0 Å². The highest BCUT2D eigenvalue weighted by Gasteiger charge is 2.42. The van der Waals surface area contributed by atoms with E-state index < -0.39 is 16.6 Å². The highest BCUT2D eigenvalue weighted by Crippen LogP contribution is 2.40. The van der Waals surface area contributed by atoms with Crippen molar-refractivity contribution < 1.29 is 18.4 Å². The van der Waals surface area contributed by atoms with E-state index >= 15 is 0 Å². The van der Waals surface area contributed by atoms with Crippen molar-refractivity contribution in [2.24, 2.45) is 0 Å². The Morgan fingerprint density at radius 1 is 0.848 bits per heavy atom. The summed E-state index contributed by atoms with van der Waals surface area (Å²) in [6, 6.07) is 10.6. The number of ether oxygens (including phenoxy) is 1. The van der Waals surface area contributed by atoms with Crippen LogP contribution in [0.3, 0.4) is 0 Å². The molecule has 0 heterocycles. The van der Waals surface area contributed by atoms with Crippen LogP contribution in [-0.4, -0.2) is 41.4 Å². The van der Waals surface area contributed by atoms with Gasteiger partial charge in [0.05, 0.1) is 12.7 Å². The predicted molar refractivity (Wildman–Crippen MR) is 145 cm³/mol. The van der Waals surface area contributed by atoms with Gasteiger partial charge in [0.15, 0.2) is 16.6 Å². The van der Waals surface area contributed by atoms with Gasteiger partial charge < -0.3 is 13.6 Å². The van der Waals surface area contributed by atoms with Crippen LogP contribution in [0.2, 0.25) is 36.3 Å². The van der Waals surface area contributed by atoms with Gasteiger partial charge in [-0.15, -0.1) is 0 Å². The Hall–Kier alpha value is -0.956. The Morgan fingerprint density at radius 3 is 1.79 bits per heavy atom. The maximum atomic E-state index is 12.2. The van der Waals surface area contributed by atoms with Crippen LogP contribution in [0.1, 0.15) is 73.3 Å². The average Bonchev–Trinajstić information content (AvgIpc) is 2.64. The fourth-order valence-corrected chi connectivity index (χ4v) is 6.03. The fourth-order valence-electron chi connectivity index (χ4n) is 3.27. The van der Waals surface area contributed by atoms with E-state index in [1.165, 1.54) is 5.56 Å². The second kappa shape index (κ2) is 12.1. The van der Waals surface area contributed by atoms with E-state index in [4.69, 9.17) is 13.6 Å². The minimum atomic E-state index is -2.01. The predicted octanol–water partition coefficient (Wildman–Crippen LogP) is 7.74. The molecule has 6 heteroatoms. The molecule has 2 atom stereocenters. The van der Waals surface area contributed by atoms with Gasteiger partial charge in [0.1, 0.15) is 0 Å². The van der Waals surface area contributed by atoms with Gasteiger partial charge in [0.25, 0.3) is 0 Å². The second-order valence-electron chi connectivity index (χ2n) is 12.3. The molecule has 0 amide bonds. The van der Waals surface area contributed by atoms with Crippen molar-refractivity contribution in [1.82, 2.24) is 0 Å². The molecule has 0 spiro atoms. The number of carbonyl (C=O) groups excluding carboxylic acids is 1. The smallest absolute Gasteiger partial charge is 0.305 e. The molecule has 0 fully saturated rings. The van der Waals surface area contributed by atoms with Crippen LogP contribution in [-0.2, 0) is 24.8 Å². The van der Waals surface area contributed by atoms with Crippen molar-refractivity contribution in [3.63, 3.8) is 0 Å². The zero-order valence-corrected chi connectivity index (χ0v) is 25.2. The zero-order chi connectivity index (χ0) is 25.5. The summed E-state index contributed by atoms with van der Waals surface area (Å²) in [7, 11) is -3.99. The van der Waals surface area contributed by atoms with Gasteiger partial charge in [-0.1, -0.05) is 71.9 Å². The van der Waals surface area contributed by atoms with Crippen molar-refractivity contribution in [2.75, 3.05) is 6.61 Å². The summed E-state index contributed by atoms with van der Waals surface area (Å²) < 4.78 is 19.0. The zero-order valence-electron chi connectivity index (χ0n) is 23.2. The average molecular weight is 495 g/mol. The molecule has 0 aliphatic rings. The van der Waals surface area contributed by atoms with Crippen molar-refractivity contribution >= 4 is 22.6 Å². The quantitative estimate of drug-likeness (QED) is 0.220. The standard InChI is InChI=1S/C27H50O4Si2/c1-12-29-25(28)19-18-23(30-32(8,9)26(2,3)4)21-24(20-22-16-14-13-15-17-22)31-33(10,11)27(5,6)7/h13-17,23-24H,12,18-21H2,1-11H3/t23-,24-/m1/s1. The lowest BCUT2D eigenvalue weighted by Gasteiger charge is -2.42. The number of hydrogen-bond donors (Lipinski definition) is 0. The Bertz CT molecular complexity index is 718. The monoisotopic (exact) mass is 494 g/mol. The first-order valence-corrected chi connectivity index (χ1v) is 18.4. The molecule has 1 aromatic carbocycles. The summed E-state index contributed by atoms with van der Waals surface area (Å²) >= 11 is 0. The van der Waals surface area contributed by atoms with Gasteiger partial charge in [-0.3, -0.25) is 4.79 Å². The lowest BCUT2D eigenvalue weighted by Crippen LogP contribution is -2.47. The summed E-state index contributed by atoms with van der Waals surface area (Å²) in [5, 5.41) is 0.229. The first kappa shape index (κ1) is 30.1. The Morgan fingerprint density at radius 2 is 1.33 bits per heavy atom. The summed E-state index contributed by atoms with van der Waals surface area (Å²) in [5.74, 6) is -0.147. The molecule has 1 aromatic rings. The van der Waals surface area contributed by atoms with E-state index in [2.05, 4.69) is 98.1 Å². The van der Waals surface area contributed by atoms with Crippen LogP contribution in [0.4, 0.5) is 0 Å². The van der Waals surface area contributed by atoms with E-state index in [0.29, 0.717) is 19.4 Å². The molecule has 0 saturated carbocycles. The molecule has 0 N–H and O–H groups in total. The molecule has 0 saturated heterocycles. The van der Waals surface area contributed by atoms with Crippen molar-refractivity contribution in [1.29, 1.82) is 0 Å². The third kappa shape index (κ3) is 10.1. The van der Waals surface area contributed by atoms with Crippen LogP contribution >= 0.6 is 0 Å². The van der Waals surface area contributed by atoms with Crippen LogP contribution in [0.15, 0.2) is 30.3 Å². The van der Waals surface area contributed by atoms with Gasteiger partial charge in [-0.05, 0) is 68.0 Å². The van der Waals surface area contributed by atoms with Gasteiger partial charge in [0, 0.05) is 12.5 Å². The highest BCUT2D eigenvalue weighted by molar-refractivity contribution is 6.74. The van der Waals surface area contributed by atoms with Gasteiger partial charge in [-0.25, -0.2) is 0 Å². The highest BCUT2D eigenvalue weighted by atomic mass is 28.4. The Kier molecular flexibility index (Phi) is 11.1. The summed E-state index contributed by atoms with van der Waals surface area (Å²) in [6.07, 6.45) is 2.69. The number of esters is 1. The summed E-state index contributed by atoms with van der Waals surface area (Å²) in [4.78, 5) is 12.2. The number of benzene rings is 1. The lowest BCUT2D eigenvalue weighted by atomic mass is 10.0. The van der Waals surface area contributed by atoms with E-state index in [1.54, 1.807) is 0 Å². The lowest BCUT2D eigenvalue weighted by molar-refractivity contribution is -0.143. The molecule has 0 aliphatic carbocycles. The maximum Gasteiger partial charge on any atom is 0.305 e. The normalized spacial score (nSPS) is 15.2. The Labute approximate surface area is 206 Å². The van der Waals surface area contributed by atoms with E-state index in [-0.39, 0.29) is 28.3 Å². The minimum absolute atomic E-state index is 0.0335. The van der Waals surface area contributed by atoms with Crippen molar-refractivity contribution in [3.05, 3.63) is 35.9 Å². The molecule has 0 aliphatic heterocycles. The number of rotatable bonds is 12. The van der Waals surface area contributed by atoms with Gasteiger partial charge >= 0.3 is 5.97 Å². The molecular weight excluding hydrogens is 444 g/mol. The summed E-state index contributed by atoms with van der Waals surface area (Å²) in [6.45, 7) is 25.1. The first-order valence-electron chi connectivity index (χ1n) is 12.5. The van der Waals surface area contributed by atoms with Crippen LogP contribution in [0.25, 0.3) is 0 Å². The fraction of sp³-hybridized carbons (Fsp3) is 0.741. The molecule has 4 nitrogen and oxygen atoms in total. The molecule has 0 aromatic heterocycles. The van der Waals surface area contributed by atoms with E-state index in [0.717, 1.165) is 12.8 Å².